The SMILES string of the molecule is Cl.NC[C@H]1CCC[C@H]1C(=O)Nc1ccccc1Cl. The van der Waals surface area contributed by atoms with E-state index >= 15 is 0 Å². The third-order valence-electron chi connectivity index (χ3n) is 3.43. The molecule has 2 atom stereocenters. The van der Waals surface area contributed by atoms with Gasteiger partial charge in [-0.2, -0.15) is 0 Å². The van der Waals surface area contributed by atoms with E-state index in [1.807, 2.05) is 18.2 Å². The Balaban J connectivity index is 0.00000162. The van der Waals surface area contributed by atoms with E-state index in [1.165, 1.54) is 0 Å². The fraction of sp³-hybridized carbons (Fsp3) is 0.462. The zero-order chi connectivity index (χ0) is 12.3. The number of nitrogens with two attached hydrogens (primary N) is 1. The molecule has 0 aliphatic heterocycles. The third-order valence-corrected chi connectivity index (χ3v) is 3.76. The first kappa shape index (κ1) is 15.3. The third kappa shape index (κ3) is 3.37. The highest BCUT2D eigenvalue weighted by Gasteiger charge is 2.31. The predicted octanol–water partition coefficient (Wildman–Crippen LogP) is 3.08. The van der Waals surface area contributed by atoms with E-state index in [0.717, 1.165) is 19.3 Å². The van der Waals surface area contributed by atoms with Crippen LogP contribution < -0.4 is 11.1 Å². The number of nitrogens with one attached hydrogen (secondary N) is 1. The molecular weight excluding hydrogens is 271 g/mol. The van der Waals surface area contributed by atoms with E-state index in [4.69, 9.17) is 17.3 Å². The van der Waals surface area contributed by atoms with Gasteiger partial charge in [-0.05, 0) is 37.4 Å². The van der Waals surface area contributed by atoms with Crippen molar-refractivity contribution in [2.75, 3.05) is 11.9 Å². The molecule has 1 saturated carbocycles. The van der Waals surface area contributed by atoms with Crippen molar-refractivity contribution in [3.63, 3.8) is 0 Å². The summed E-state index contributed by atoms with van der Waals surface area (Å²) in [6.45, 7) is 0.584. The second kappa shape index (κ2) is 6.98. The van der Waals surface area contributed by atoms with Crippen LogP contribution in [0.1, 0.15) is 19.3 Å². The molecule has 1 aromatic rings. The molecule has 0 radical (unpaired) electrons. The molecule has 3 N–H and O–H groups in total. The van der Waals surface area contributed by atoms with Gasteiger partial charge in [-0.1, -0.05) is 30.2 Å². The van der Waals surface area contributed by atoms with Gasteiger partial charge in [0.1, 0.15) is 0 Å². The zero-order valence-electron chi connectivity index (χ0n) is 10.1. The summed E-state index contributed by atoms with van der Waals surface area (Å²) in [6, 6.07) is 7.28. The number of amides is 1. The van der Waals surface area contributed by atoms with E-state index in [-0.39, 0.29) is 24.2 Å². The molecule has 100 valence electrons. The lowest BCUT2D eigenvalue weighted by Gasteiger charge is -2.17. The molecule has 0 bridgehead atoms. The highest BCUT2D eigenvalue weighted by molar-refractivity contribution is 6.33. The Kier molecular flexibility index (Phi) is 5.93. The maximum absolute atomic E-state index is 12.1. The minimum atomic E-state index is 0. The van der Waals surface area contributed by atoms with Crippen molar-refractivity contribution in [1.29, 1.82) is 0 Å². The lowest BCUT2D eigenvalue weighted by Crippen LogP contribution is -2.29. The summed E-state index contributed by atoms with van der Waals surface area (Å²) in [6.07, 6.45) is 3.07. The lowest BCUT2D eigenvalue weighted by molar-refractivity contribution is -0.120. The maximum atomic E-state index is 12.1. The Labute approximate surface area is 118 Å². The van der Waals surface area contributed by atoms with E-state index in [9.17, 15) is 4.79 Å². The first-order valence-corrected chi connectivity index (χ1v) is 6.35. The van der Waals surface area contributed by atoms with Gasteiger partial charge in [0, 0.05) is 5.92 Å². The number of halogens is 2. The molecule has 0 aromatic heterocycles. The summed E-state index contributed by atoms with van der Waals surface area (Å²) >= 11 is 6.01. The Hall–Kier alpha value is -0.770. The zero-order valence-corrected chi connectivity index (χ0v) is 11.6. The van der Waals surface area contributed by atoms with E-state index in [0.29, 0.717) is 23.2 Å². The van der Waals surface area contributed by atoms with Gasteiger partial charge in [0.25, 0.3) is 0 Å². The largest absolute Gasteiger partial charge is 0.330 e. The summed E-state index contributed by atoms with van der Waals surface area (Å²) in [5.74, 6) is 0.403. The normalized spacial score (nSPS) is 22.3. The fourth-order valence-electron chi connectivity index (χ4n) is 2.45. The van der Waals surface area contributed by atoms with Gasteiger partial charge in [0.15, 0.2) is 0 Å². The van der Waals surface area contributed by atoms with Crippen LogP contribution in [-0.4, -0.2) is 12.5 Å². The molecule has 0 heterocycles. The number of hydrogen-bond acceptors (Lipinski definition) is 2. The smallest absolute Gasteiger partial charge is 0.227 e. The van der Waals surface area contributed by atoms with Crippen LogP contribution in [0.5, 0.6) is 0 Å². The molecule has 1 amide bonds. The van der Waals surface area contributed by atoms with E-state index in [2.05, 4.69) is 5.32 Å². The number of carbonyl (C=O) groups excluding carboxylic acids is 1. The number of anilines is 1. The summed E-state index contributed by atoms with van der Waals surface area (Å²) in [5, 5.41) is 3.46. The van der Waals surface area contributed by atoms with Crippen LogP contribution in [0.3, 0.4) is 0 Å². The Morgan fingerprint density at radius 2 is 2.11 bits per heavy atom. The Morgan fingerprint density at radius 3 is 2.78 bits per heavy atom. The first-order valence-electron chi connectivity index (χ1n) is 5.98. The lowest BCUT2D eigenvalue weighted by atomic mass is 9.95. The minimum Gasteiger partial charge on any atom is -0.330 e. The fourth-order valence-corrected chi connectivity index (χ4v) is 2.64. The van der Waals surface area contributed by atoms with E-state index in [1.54, 1.807) is 6.07 Å². The molecular formula is C13H18Cl2N2O. The second-order valence-electron chi connectivity index (χ2n) is 4.50. The second-order valence-corrected chi connectivity index (χ2v) is 4.91. The van der Waals surface area contributed by atoms with Crippen LogP contribution in [-0.2, 0) is 4.79 Å². The van der Waals surface area contributed by atoms with Crippen molar-refractivity contribution in [1.82, 2.24) is 0 Å². The first-order chi connectivity index (χ1) is 8.22. The Bertz CT molecular complexity index is 412. The summed E-state index contributed by atoms with van der Waals surface area (Å²) < 4.78 is 0. The van der Waals surface area contributed by atoms with Crippen molar-refractivity contribution >= 4 is 35.6 Å². The van der Waals surface area contributed by atoms with E-state index < -0.39 is 0 Å². The summed E-state index contributed by atoms with van der Waals surface area (Å²) in [4.78, 5) is 12.1. The van der Waals surface area contributed by atoms with Crippen LogP contribution in [0.4, 0.5) is 5.69 Å². The van der Waals surface area contributed by atoms with Crippen molar-refractivity contribution in [2.24, 2.45) is 17.6 Å². The Morgan fingerprint density at radius 1 is 1.39 bits per heavy atom. The van der Waals surface area contributed by atoms with Crippen LogP contribution in [0.15, 0.2) is 24.3 Å². The molecule has 2 rings (SSSR count). The topological polar surface area (TPSA) is 55.1 Å². The summed E-state index contributed by atoms with van der Waals surface area (Å²) in [5.41, 5.74) is 6.36. The maximum Gasteiger partial charge on any atom is 0.227 e. The summed E-state index contributed by atoms with van der Waals surface area (Å²) in [7, 11) is 0. The predicted molar refractivity (Wildman–Crippen MR) is 77.2 cm³/mol. The van der Waals surface area contributed by atoms with Crippen molar-refractivity contribution in [3.8, 4) is 0 Å². The van der Waals surface area contributed by atoms with Crippen molar-refractivity contribution in [2.45, 2.75) is 19.3 Å². The molecule has 0 saturated heterocycles. The highest BCUT2D eigenvalue weighted by Crippen LogP contribution is 2.32. The molecule has 1 aromatic carbocycles. The van der Waals surface area contributed by atoms with Crippen LogP contribution in [0, 0.1) is 11.8 Å². The van der Waals surface area contributed by atoms with Gasteiger partial charge in [-0.3, -0.25) is 4.79 Å². The molecule has 1 fully saturated rings. The number of benzene rings is 1. The van der Waals surface area contributed by atoms with Crippen LogP contribution in [0.2, 0.25) is 5.02 Å². The number of carbonyl (C=O) groups is 1. The monoisotopic (exact) mass is 288 g/mol. The van der Waals surface area contributed by atoms with Crippen LogP contribution >= 0.6 is 24.0 Å². The number of rotatable bonds is 3. The van der Waals surface area contributed by atoms with Crippen molar-refractivity contribution in [3.05, 3.63) is 29.3 Å². The molecule has 3 nitrogen and oxygen atoms in total. The molecule has 0 spiro atoms. The number of hydrogen-bond donors (Lipinski definition) is 2. The standard InChI is InChI=1S/C13H17ClN2O.ClH/c14-11-6-1-2-7-12(11)16-13(17)10-5-3-4-9(10)8-15;/h1-2,6-7,9-10H,3-5,8,15H2,(H,16,17);1H/t9-,10-;/m1./s1. The van der Waals surface area contributed by atoms with Gasteiger partial charge in [0.05, 0.1) is 10.7 Å². The molecule has 5 heteroatoms. The minimum absolute atomic E-state index is 0. The van der Waals surface area contributed by atoms with Crippen LogP contribution in [0.25, 0.3) is 0 Å². The molecule has 0 unspecified atom stereocenters. The average molecular weight is 289 g/mol. The van der Waals surface area contributed by atoms with Gasteiger partial charge >= 0.3 is 0 Å². The van der Waals surface area contributed by atoms with Gasteiger partial charge < -0.3 is 11.1 Å². The van der Waals surface area contributed by atoms with Crippen molar-refractivity contribution < 1.29 is 4.79 Å². The molecule has 1 aliphatic carbocycles. The highest BCUT2D eigenvalue weighted by atomic mass is 35.5. The van der Waals surface area contributed by atoms with Gasteiger partial charge in [-0.15, -0.1) is 12.4 Å². The molecule has 1 aliphatic rings. The van der Waals surface area contributed by atoms with Gasteiger partial charge in [-0.25, -0.2) is 0 Å². The number of para-hydroxylation sites is 1. The van der Waals surface area contributed by atoms with Gasteiger partial charge in [0.2, 0.25) is 5.91 Å². The molecule has 18 heavy (non-hydrogen) atoms. The average Bonchev–Trinajstić information content (AvgIpc) is 2.80. The quantitative estimate of drug-likeness (QED) is 0.898.